The van der Waals surface area contributed by atoms with Crippen LogP contribution in [-0.2, 0) is 0 Å². The summed E-state index contributed by atoms with van der Waals surface area (Å²) in [5.41, 5.74) is 7.39. The van der Waals surface area contributed by atoms with Crippen molar-refractivity contribution in [3.63, 3.8) is 0 Å². The topological polar surface area (TPSA) is 29.3 Å². The molecule has 16 heavy (non-hydrogen) atoms. The summed E-state index contributed by atoms with van der Waals surface area (Å²) in [5, 5.41) is 0. The van der Waals surface area contributed by atoms with Gasteiger partial charge in [-0.05, 0) is 25.0 Å². The number of halogens is 2. The van der Waals surface area contributed by atoms with Crippen LogP contribution in [0.3, 0.4) is 0 Å². The fraction of sp³-hybridized carbons (Fsp3) is 0.500. The minimum atomic E-state index is -2.23. The van der Waals surface area contributed by atoms with Crippen molar-refractivity contribution >= 4 is 11.4 Å². The molecular weight excluding hydrogens is 210 g/mol. The lowest BCUT2D eigenvalue weighted by atomic mass is 9.98. The first-order valence-corrected chi connectivity index (χ1v) is 5.56. The van der Waals surface area contributed by atoms with Crippen LogP contribution in [0.2, 0.25) is 0 Å². The van der Waals surface area contributed by atoms with E-state index in [4.69, 9.17) is 5.73 Å². The van der Waals surface area contributed by atoms with E-state index in [1.165, 1.54) is 0 Å². The van der Waals surface area contributed by atoms with Gasteiger partial charge in [0.1, 0.15) is 0 Å². The van der Waals surface area contributed by atoms with E-state index in [2.05, 4.69) is 0 Å². The Balaban J connectivity index is 2.13. The van der Waals surface area contributed by atoms with Crippen LogP contribution >= 0.6 is 0 Å². The molecule has 1 aromatic rings. The number of nitrogens with two attached hydrogens (primary N) is 1. The molecule has 1 fully saturated rings. The molecule has 0 saturated carbocycles. The maximum Gasteiger partial charge on any atom is 0.243 e. The van der Waals surface area contributed by atoms with Gasteiger partial charge in [-0.25, -0.2) is 8.78 Å². The second-order valence-corrected chi connectivity index (χ2v) is 4.24. The average Bonchev–Trinajstić information content (AvgIpc) is 2.30. The fourth-order valence-electron chi connectivity index (χ4n) is 2.21. The van der Waals surface area contributed by atoms with Gasteiger partial charge in [-0.2, -0.15) is 0 Å². The van der Waals surface area contributed by atoms with Crippen LogP contribution in [0.1, 0.15) is 12.8 Å². The Hall–Kier alpha value is -1.32. The van der Waals surface area contributed by atoms with E-state index in [9.17, 15) is 8.78 Å². The monoisotopic (exact) mass is 226 g/mol. The molecular formula is C12H16F2N2. The third kappa shape index (κ3) is 2.26. The van der Waals surface area contributed by atoms with Crippen LogP contribution in [0.4, 0.5) is 20.2 Å². The number of anilines is 2. The van der Waals surface area contributed by atoms with Crippen LogP contribution in [-0.4, -0.2) is 19.5 Å². The first kappa shape index (κ1) is 11.2. The van der Waals surface area contributed by atoms with Gasteiger partial charge >= 0.3 is 0 Å². The molecule has 0 aromatic heterocycles. The Kier molecular flexibility index (Phi) is 3.27. The number of rotatable bonds is 2. The minimum absolute atomic E-state index is 0.409. The van der Waals surface area contributed by atoms with Crippen LogP contribution in [0.25, 0.3) is 0 Å². The number of para-hydroxylation sites is 2. The number of nitrogen functional groups attached to an aromatic ring is 1. The number of hydrogen-bond donors (Lipinski definition) is 1. The summed E-state index contributed by atoms with van der Waals surface area (Å²) in [6.45, 7) is 1.23. The van der Waals surface area contributed by atoms with Gasteiger partial charge in [-0.3, -0.25) is 0 Å². The maximum absolute atomic E-state index is 12.7. The molecule has 0 aliphatic carbocycles. The van der Waals surface area contributed by atoms with Crippen LogP contribution in [0.5, 0.6) is 0 Å². The summed E-state index contributed by atoms with van der Waals surface area (Å²) in [5.74, 6) is -0.520. The second-order valence-electron chi connectivity index (χ2n) is 4.24. The molecule has 4 heteroatoms. The number of benzene rings is 1. The van der Waals surface area contributed by atoms with Crippen LogP contribution in [0.15, 0.2) is 24.3 Å². The molecule has 2 rings (SSSR count). The van der Waals surface area contributed by atoms with E-state index in [1.807, 2.05) is 23.1 Å². The standard InChI is InChI=1S/C12H16F2N2/c13-12(14)9-4-3-7-16(8-9)11-6-2-1-5-10(11)15/h1-2,5-6,9,12H,3-4,7-8,15H2/t9-/m0/s1. The third-order valence-corrected chi connectivity index (χ3v) is 3.09. The highest BCUT2D eigenvalue weighted by Crippen LogP contribution is 2.29. The van der Waals surface area contributed by atoms with E-state index in [1.54, 1.807) is 6.07 Å². The lowest BCUT2D eigenvalue weighted by Gasteiger charge is -2.34. The van der Waals surface area contributed by atoms with E-state index < -0.39 is 12.3 Å². The van der Waals surface area contributed by atoms with Crippen molar-refractivity contribution in [2.75, 3.05) is 23.7 Å². The normalized spacial score (nSPS) is 21.4. The van der Waals surface area contributed by atoms with Gasteiger partial charge in [0.05, 0.1) is 11.4 Å². The van der Waals surface area contributed by atoms with Gasteiger partial charge in [0.15, 0.2) is 0 Å². The summed E-state index contributed by atoms with van der Waals surface area (Å²) in [7, 11) is 0. The fourth-order valence-corrected chi connectivity index (χ4v) is 2.21. The molecule has 2 nitrogen and oxygen atoms in total. The van der Waals surface area contributed by atoms with Gasteiger partial charge in [0.2, 0.25) is 6.43 Å². The quantitative estimate of drug-likeness (QED) is 0.786. The summed E-state index contributed by atoms with van der Waals surface area (Å²) in [6, 6.07) is 7.44. The van der Waals surface area contributed by atoms with E-state index in [-0.39, 0.29) is 0 Å². The van der Waals surface area contributed by atoms with Gasteiger partial charge < -0.3 is 10.6 Å². The lowest BCUT2D eigenvalue weighted by Crippen LogP contribution is -2.38. The second kappa shape index (κ2) is 4.68. The smallest absolute Gasteiger partial charge is 0.243 e. The van der Waals surface area contributed by atoms with Crippen molar-refractivity contribution in [1.82, 2.24) is 0 Å². The Labute approximate surface area is 94.0 Å². The Bertz CT molecular complexity index is 355. The molecule has 1 heterocycles. The Morgan fingerprint density at radius 2 is 2.06 bits per heavy atom. The van der Waals surface area contributed by atoms with E-state index in [0.717, 1.165) is 18.7 Å². The molecule has 0 bridgehead atoms. The van der Waals surface area contributed by atoms with Crippen molar-refractivity contribution < 1.29 is 8.78 Å². The highest BCUT2D eigenvalue weighted by Gasteiger charge is 2.27. The SMILES string of the molecule is Nc1ccccc1N1CCC[C@H](C(F)F)C1. The molecule has 88 valence electrons. The summed E-state index contributed by atoms with van der Waals surface area (Å²) in [6.07, 6.45) is -0.808. The van der Waals surface area contributed by atoms with Gasteiger partial charge in [-0.1, -0.05) is 12.1 Å². The lowest BCUT2D eigenvalue weighted by molar-refractivity contribution is 0.0687. The molecule has 0 spiro atoms. The van der Waals surface area contributed by atoms with E-state index in [0.29, 0.717) is 18.7 Å². The van der Waals surface area contributed by atoms with Crippen molar-refractivity contribution in [1.29, 1.82) is 0 Å². The molecule has 0 radical (unpaired) electrons. The molecule has 1 saturated heterocycles. The third-order valence-electron chi connectivity index (χ3n) is 3.09. The Morgan fingerprint density at radius 1 is 1.31 bits per heavy atom. The zero-order valence-electron chi connectivity index (χ0n) is 9.07. The van der Waals surface area contributed by atoms with Crippen molar-refractivity contribution in [2.24, 2.45) is 5.92 Å². The van der Waals surface area contributed by atoms with Crippen molar-refractivity contribution in [3.8, 4) is 0 Å². The molecule has 1 aromatic carbocycles. The number of hydrogen-bond acceptors (Lipinski definition) is 2. The number of alkyl halides is 2. The molecule has 0 unspecified atom stereocenters. The Morgan fingerprint density at radius 3 is 2.75 bits per heavy atom. The molecule has 1 aliphatic rings. The number of nitrogens with zero attached hydrogens (tertiary/aromatic N) is 1. The highest BCUT2D eigenvalue weighted by atomic mass is 19.3. The van der Waals surface area contributed by atoms with Gasteiger partial charge in [0, 0.05) is 19.0 Å². The van der Waals surface area contributed by atoms with Crippen LogP contribution < -0.4 is 10.6 Å². The first-order chi connectivity index (χ1) is 7.68. The average molecular weight is 226 g/mol. The van der Waals surface area contributed by atoms with Crippen molar-refractivity contribution in [3.05, 3.63) is 24.3 Å². The van der Waals surface area contributed by atoms with E-state index >= 15 is 0 Å². The molecule has 0 amide bonds. The van der Waals surface area contributed by atoms with Crippen molar-refractivity contribution in [2.45, 2.75) is 19.3 Å². The summed E-state index contributed by atoms with van der Waals surface area (Å²) < 4.78 is 25.3. The first-order valence-electron chi connectivity index (χ1n) is 5.56. The van der Waals surface area contributed by atoms with Gasteiger partial charge in [0.25, 0.3) is 0 Å². The predicted molar refractivity (Wildman–Crippen MR) is 61.8 cm³/mol. The zero-order valence-corrected chi connectivity index (χ0v) is 9.07. The molecule has 1 aliphatic heterocycles. The highest BCUT2D eigenvalue weighted by molar-refractivity contribution is 5.67. The largest absolute Gasteiger partial charge is 0.397 e. The zero-order chi connectivity index (χ0) is 11.5. The van der Waals surface area contributed by atoms with Gasteiger partial charge in [-0.15, -0.1) is 0 Å². The molecule has 1 atom stereocenters. The maximum atomic E-state index is 12.7. The summed E-state index contributed by atoms with van der Waals surface area (Å²) >= 11 is 0. The van der Waals surface area contributed by atoms with Crippen LogP contribution in [0, 0.1) is 5.92 Å². The number of piperidine rings is 1. The molecule has 2 N–H and O–H groups in total. The minimum Gasteiger partial charge on any atom is -0.397 e. The summed E-state index contributed by atoms with van der Waals surface area (Å²) in [4.78, 5) is 1.97. The predicted octanol–water partition coefficient (Wildman–Crippen LogP) is 2.75.